The number of nitrogens with two attached hydrogens (primary N) is 1. The van der Waals surface area contributed by atoms with Gasteiger partial charge in [-0.25, -0.2) is 9.97 Å². The second-order valence-corrected chi connectivity index (χ2v) is 5.00. The molecule has 3 rings (SSSR count). The third-order valence-corrected chi connectivity index (χ3v) is 3.75. The van der Waals surface area contributed by atoms with E-state index < -0.39 is 0 Å². The number of aliphatic hydroxyl groups excluding tert-OH is 1. The molecule has 1 fully saturated rings. The quantitative estimate of drug-likeness (QED) is 0.800. The van der Waals surface area contributed by atoms with Crippen LogP contribution in [-0.4, -0.2) is 34.3 Å². The number of benzene rings is 1. The number of aliphatic hydroxyl groups is 1. The molecule has 0 radical (unpaired) electrons. The molecule has 1 aromatic heterocycles. The van der Waals surface area contributed by atoms with Gasteiger partial charge >= 0.3 is 0 Å². The molecule has 0 spiro atoms. The van der Waals surface area contributed by atoms with E-state index in [1.54, 1.807) is 6.33 Å². The summed E-state index contributed by atoms with van der Waals surface area (Å²) in [7, 11) is 0. The Labute approximate surface area is 112 Å². The summed E-state index contributed by atoms with van der Waals surface area (Å²) >= 11 is 0. The van der Waals surface area contributed by atoms with E-state index in [1.165, 1.54) is 0 Å². The van der Waals surface area contributed by atoms with Gasteiger partial charge in [0.25, 0.3) is 0 Å². The number of hydrogen-bond donors (Lipinski definition) is 2. The molecular formula is C14H18N4O. The third kappa shape index (κ3) is 2.21. The Balaban J connectivity index is 2.10. The van der Waals surface area contributed by atoms with E-state index in [9.17, 15) is 5.11 Å². The number of hydrogen-bond acceptors (Lipinski definition) is 5. The number of aromatic nitrogens is 2. The molecule has 3 N–H and O–H groups in total. The van der Waals surface area contributed by atoms with Crippen molar-refractivity contribution in [2.75, 3.05) is 23.8 Å². The largest absolute Gasteiger partial charge is 0.399 e. The van der Waals surface area contributed by atoms with Crippen LogP contribution in [0.3, 0.4) is 0 Å². The molecule has 1 saturated heterocycles. The Morgan fingerprint density at radius 3 is 3.05 bits per heavy atom. The Hall–Kier alpha value is -1.88. The summed E-state index contributed by atoms with van der Waals surface area (Å²) in [5, 5.41) is 10.5. The summed E-state index contributed by atoms with van der Waals surface area (Å²) in [5.41, 5.74) is 7.47. The number of nitrogens with zero attached hydrogens (tertiary/aromatic N) is 3. The van der Waals surface area contributed by atoms with E-state index in [4.69, 9.17) is 5.73 Å². The van der Waals surface area contributed by atoms with E-state index in [0.29, 0.717) is 5.69 Å². The molecule has 0 saturated carbocycles. The molecule has 19 heavy (non-hydrogen) atoms. The number of piperidine rings is 1. The second-order valence-electron chi connectivity index (χ2n) is 5.00. The van der Waals surface area contributed by atoms with Gasteiger partial charge in [0.05, 0.1) is 18.2 Å². The second kappa shape index (κ2) is 5.01. The highest BCUT2D eigenvalue weighted by molar-refractivity contribution is 5.91. The van der Waals surface area contributed by atoms with Gasteiger partial charge < -0.3 is 15.7 Å². The molecule has 5 heteroatoms. The van der Waals surface area contributed by atoms with Crippen LogP contribution in [0.25, 0.3) is 10.9 Å². The molecule has 2 aromatic rings. The lowest BCUT2D eigenvalue weighted by atomic mass is 10.0. The van der Waals surface area contributed by atoms with Gasteiger partial charge in [0.15, 0.2) is 0 Å². The Morgan fingerprint density at radius 1 is 1.32 bits per heavy atom. The maximum absolute atomic E-state index is 9.54. The summed E-state index contributed by atoms with van der Waals surface area (Å²) < 4.78 is 0. The molecule has 1 aromatic carbocycles. The molecule has 0 amide bonds. The Bertz CT molecular complexity index is 587. The standard InChI is InChI=1S/C14H18N4O/c15-10-4-5-13-12(7-10)14(17-9-16-13)18-6-2-1-3-11(18)8-19/h4-5,7,9,11,19H,1-3,6,8,15H2. The van der Waals surface area contributed by atoms with E-state index in [0.717, 1.165) is 42.5 Å². The highest BCUT2D eigenvalue weighted by Crippen LogP contribution is 2.29. The molecule has 5 nitrogen and oxygen atoms in total. The van der Waals surface area contributed by atoms with Crippen molar-refractivity contribution in [3.05, 3.63) is 24.5 Å². The predicted octanol–water partition coefficient (Wildman–Crippen LogP) is 1.56. The van der Waals surface area contributed by atoms with E-state index in [-0.39, 0.29) is 12.6 Å². The SMILES string of the molecule is Nc1ccc2ncnc(N3CCCCC3CO)c2c1. The lowest BCUT2D eigenvalue weighted by molar-refractivity contribution is 0.239. The van der Waals surface area contributed by atoms with Gasteiger partial charge in [0, 0.05) is 17.6 Å². The first-order valence-electron chi connectivity index (χ1n) is 6.67. The van der Waals surface area contributed by atoms with Crippen molar-refractivity contribution in [3.8, 4) is 0 Å². The third-order valence-electron chi connectivity index (χ3n) is 3.75. The fraction of sp³-hybridized carbons (Fsp3) is 0.429. The van der Waals surface area contributed by atoms with Crippen LogP contribution in [0.2, 0.25) is 0 Å². The first-order valence-corrected chi connectivity index (χ1v) is 6.67. The minimum Gasteiger partial charge on any atom is -0.399 e. The molecule has 2 heterocycles. The van der Waals surface area contributed by atoms with Gasteiger partial charge in [0.2, 0.25) is 0 Å². The van der Waals surface area contributed by atoms with Gasteiger partial charge in [-0.15, -0.1) is 0 Å². The molecule has 1 atom stereocenters. The number of rotatable bonds is 2. The molecule has 0 aliphatic carbocycles. The van der Waals surface area contributed by atoms with Gasteiger partial charge in [0.1, 0.15) is 12.1 Å². The summed E-state index contributed by atoms with van der Waals surface area (Å²) in [6.45, 7) is 1.08. The van der Waals surface area contributed by atoms with Crippen molar-refractivity contribution in [2.45, 2.75) is 25.3 Å². The average molecular weight is 258 g/mol. The highest BCUT2D eigenvalue weighted by Gasteiger charge is 2.24. The van der Waals surface area contributed by atoms with Crippen LogP contribution in [0.4, 0.5) is 11.5 Å². The fourth-order valence-corrected chi connectivity index (χ4v) is 2.76. The van der Waals surface area contributed by atoms with Crippen LogP contribution in [0, 0.1) is 0 Å². The molecule has 1 unspecified atom stereocenters. The maximum Gasteiger partial charge on any atom is 0.140 e. The summed E-state index contributed by atoms with van der Waals surface area (Å²) in [6.07, 6.45) is 4.87. The van der Waals surface area contributed by atoms with E-state index in [2.05, 4.69) is 14.9 Å². The zero-order valence-corrected chi connectivity index (χ0v) is 10.8. The van der Waals surface area contributed by atoms with E-state index in [1.807, 2.05) is 18.2 Å². The van der Waals surface area contributed by atoms with E-state index >= 15 is 0 Å². The monoisotopic (exact) mass is 258 g/mol. The zero-order chi connectivity index (χ0) is 13.2. The lowest BCUT2D eigenvalue weighted by Gasteiger charge is -2.36. The number of fused-ring (bicyclic) bond motifs is 1. The molecule has 1 aliphatic heterocycles. The normalized spacial score (nSPS) is 19.8. The van der Waals surface area contributed by atoms with Crippen LogP contribution in [0.15, 0.2) is 24.5 Å². The highest BCUT2D eigenvalue weighted by atomic mass is 16.3. The average Bonchev–Trinajstić information content (AvgIpc) is 2.46. The van der Waals surface area contributed by atoms with Crippen molar-refractivity contribution in [3.63, 3.8) is 0 Å². The first-order chi connectivity index (χ1) is 9.29. The Kier molecular flexibility index (Phi) is 3.21. The van der Waals surface area contributed by atoms with Gasteiger partial charge in [-0.05, 0) is 37.5 Å². The van der Waals surface area contributed by atoms with Crippen molar-refractivity contribution in [2.24, 2.45) is 0 Å². The van der Waals surface area contributed by atoms with Crippen molar-refractivity contribution >= 4 is 22.4 Å². The first kappa shape index (κ1) is 12.2. The van der Waals surface area contributed by atoms with Crippen LogP contribution < -0.4 is 10.6 Å². The fourth-order valence-electron chi connectivity index (χ4n) is 2.76. The zero-order valence-electron chi connectivity index (χ0n) is 10.8. The topological polar surface area (TPSA) is 75.3 Å². The summed E-state index contributed by atoms with van der Waals surface area (Å²) in [4.78, 5) is 10.9. The summed E-state index contributed by atoms with van der Waals surface area (Å²) in [6, 6.07) is 5.81. The molecule has 1 aliphatic rings. The van der Waals surface area contributed by atoms with Crippen LogP contribution >= 0.6 is 0 Å². The van der Waals surface area contributed by atoms with Crippen molar-refractivity contribution < 1.29 is 5.11 Å². The number of nitrogen functional groups attached to an aromatic ring is 1. The van der Waals surface area contributed by atoms with Gasteiger partial charge in [-0.3, -0.25) is 0 Å². The smallest absolute Gasteiger partial charge is 0.140 e. The minimum atomic E-state index is 0.147. The van der Waals surface area contributed by atoms with Crippen LogP contribution in [0.1, 0.15) is 19.3 Å². The van der Waals surface area contributed by atoms with Crippen LogP contribution in [-0.2, 0) is 0 Å². The maximum atomic E-state index is 9.54. The number of anilines is 2. The van der Waals surface area contributed by atoms with Crippen molar-refractivity contribution in [1.82, 2.24) is 9.97 Å². The molecule has 0 bridgehead atoms. The molecule has 100 valence electrons. The Morgan fingerprint density at radius 2 is 2.21 bits per heavy atom. The molecular weight excluding hydrogens is 240 g/mol. The minimum absolute atomic E-state index is 0.147. The van der Waals surface area contributed by atoms with Crippen LogP contribution in [0.5, 0.6) is 0 Å². The lowest BCUT2D eigenvalue weighted by Crippen LogP contribution is -2.42. The van der Waals surface area contributed by atoms with Gasteiger partial charge in [-0.2, -0.15) is 0 Å². The van der Waals surface area contributed by atoms with Gasteiger partial charge in [-0.1, -0.05) is 0 Å². The predicted molar refractivity (Wildman–Crippen MR) is 76.0 cm³/mol. The summed E-state index contributed by atoms with van der Waals surface area (Å²) in [5.74, 6) is 0.885. The van der Waals surface area contributed by atoms with Crippen molar-refractivity contribution in [1.29, 1.82) is 0 Å².